The zero-order valence-electron chi connectivity index (χ0n) is 11.0. The molecule has 0 spiro atoms. The molecule has 4 nitrogen and oxygen atoms in total. The van der Waals surface area contributed by atoms with Gasteiger partial charge in [-0.1, -0.05) is 42.5 Å². The van der Waals surface area contributed by atoms with E-state index in [-0.39, 0.29) is 5.02 Å². The first kappa shape index (κ1) is 16.5. The van der Waals surface area contributed by atoms with E-state index in [9.17, 15) is 18.1 Å². The molecule has 0 unspecified atom stereocenters. The summed E-state index contributed by atoms with van der Waals surface area (Å²) in [5.74, 6) is -0.990. The molecule has 1 aromatic rings. The monoisotopic (exact) mass is 350 g/mol. The van der Waals surface area contributed by atoms with Gasteiger partial charge in [0.2, 0.25) is 10.0 Å². The lowest BCUT2D eigenvalue weighted by molar-refractivity contribution is 0.338. The van der Waals surface area contributed by atoms with Crippen molar-refractivity contribution in [2.75, 3.05) is 0 Å². The Bertz CT molecular complexity index is 695. The number of sulfonamides is 1. The molecule has 1 aliphatic rings. The first-order chi connectivity index (χ1) is 9.81. The van der Waals surface area contributed by atoms with Crippen molar-refractivity contribution in [2.24, 2.45) is 0 Å². The topological polar surface area (TPSA) is 70.0 Å². The van der Waals surface area contributed by atoms with Gasteiger partial charge >= 0.3 is 0 Å². The zero-order chi connectivity index (χ0) is 15.7. The van der Waals surface area contributed by atoms with E-state index in [1.807, 2.05) is 6.07 Å². The van der Waals surface area contributed by atoms with Crippen molar-refractivity contribution < 1.29 is 12.8 Å². The number of halogens is 3. The smallest absolute Gasteiger partial charge is 0.207 e. The fraction of sp³-hybridized carbons (Fsp3) is 0.462. The van der Waals surface area contributed by atoms with Gasteiger partial charge in [0.15, 0.2) is 5.82 Å². The van der Waals surface area contributed by atoms with Crippen LogP contribution in [0.1, 0.15) is 32.1 Å². The van der Waals surface area contributed by atoms with Crippen molar-refractivity contribution >= 4 is 33.2 Å². The molecule has 1 aromatic carbocycles. The number of nitrogens with one attached hydrogen (secondary N) is 1. The molecule has 0 heterocycles. The summed E-state index contributed by atoms with van der Waals surface area (Å²) >= 11 is 11.3. The van der Waals surface area contributed by atoms with E-state index in [1.54, 1.807) is 0 Å². The predicted molar refractivity (Wildman–Crippen MR) is 78.2 cm³/mol. The fourth-order valence-corrected chi connectivity index (χ4v) is 4.54. The van der Waals surface area contributed by atoms with Crippen LogP contribution in [-0.2, 0) is 10.0 Å². The second-order valence-electron chi connectivity index (χ2n) is 5.03. The predicted octanol–water partition coefficient (Wildman–Crippen LogP) is 3.64. The van der Waals surface area contributed by atoms with Crippen molar-refractivity contribution in [2.45, 2.75) is 42.5 Å². The van der Waals surface area contributed by atoms with Crippen LogP contribution in [-0.4, -0.2) is 14.0 Å². The Labute approximate surface area is 132 Å². The third-order valence-electron chi connectivity index (χ3n) is 3.54. The van der Waals surface area contributed by atoms with Crippen molar-refractivity contribution in [1.29, 1.82) is 5.26 Å². The van der Waals surface area contributed by atoms with Gasteiger partial charge in [-0.2, -0.15) is 9.98 Å². The Morgan fingerprint density at radius 2 is 1.86 bits per heavy atom. The molecule has 0 bridgehead atoms. The van der Waals surface area contributed by atoms with Crippen LogP contribution in [0.5, 0.6) is 0 Å². The third kappa shape index (κ3) is 3.32. The number of nitriles is 1. The van der Waals surface area contributed by atoms with E-state index >= 15 is 0 Å². The van der Waals surface area contributed by atoms with Gasteiger partial charge in [0.25, 0.3) is 0 Å². The minimum atomic E-state index is -4.10. The van der Waals surface area contributed by atoms with Gasteiger partial charge in [-0.25, -0.2) is 12.8 Å². The van der Waals surface area contributed by atoms with E-state index in [1.165, 1.54) is 0 Å². The average Bonchev–Trinajstić information content (AvgIpc) is 2.45. The molecule has 0 atom stereocenters. The van der Waals surface area contributed by atoms with Crippen LogP contribution < -0.4 is 4.72 Å². The van der Waals surface area contributed by atoms with E-state index in [0.29, 0.717) is 12.8 Å². The zero-order valence-corrected chi connectivity index (χ0v) is 13.3. The second kappa shape index (κ2) is 6.09. The minimum absolute atomic E-state index is 0.258. The highest BCUT2D eigenvalue weighted by atomic mass is 35.5. The first-order valence-electron chi connectivity index (χ1n) is 6.40. The van der Waals surface area contributed by atoms with Gasteiger partial charge < -0.3 is 0 Å². The number of hydrogen-bond donors (Lipinski definition) is 1. The van der Waals surface area contributed by atoms with Crippen molar-refractivity contribution in [1.82, 2.24) is 4.72 Å². The standard InChI is InChI=1S/C13H13Cl2FN2O2S/c14-9-4-5-10(11(15)12(9)16)21(19,20)18-13(8-17)6-2-1-3-7-13/h4-5,18H,1-3,6-7H2. The van der Waals surface area contributed by atoms with Crippen molar-refractivity contribution in [3.63, 3.8) is 0 Å². The van der Waals surface area contributed by atoms with Gasteiger partial charge in [0.1, 0.15) is 10.4 Å². The molecule has 0 saturated heterocycles. The number of rotatable bonds is 3. The van der Waals surface area contributed by atoms with Gasteiger partial charge in [0, 0.05) is 0 Å². The number of benzene rings is 1. The highest BCUT2D eigenvalue weighted by Gasteiger charge is 2.37. The summed E-state index contributed by atoms with van der Waals surface area (Å²) in [5, 5.41) is 8.49. The molecular weight excluding hydrogens is 338 g/mol. The summed E-state index contributed by atoms with van der Waals surface area (Å²) in [6.45, 7) is 0. The van der Waals surface area contributed by atoms with Crippen LogP contribution in [0.15, 0.2) is 17.0 Å². The van der Waals surface area contributed by atoms with Crippen LogP contribution in [0.25, 0.3) is 0 Å². The van der Waals surface area contributed by atoms with Crippen LogP contribution >= 0.6 is 23.2 Å². The quantitative estimate of drug-likeness (QED) is 0.846. The summed E-state index contributed by atoms with van der Waals surface area (Å²) in [6.07, 6.45) is 3.34. The highest BCUT2D eigenvalue weighted by Crippen LogP contribution is 2.33. The Kier molecular flexibility index (Phi) is 4.79. The minimum Gasteiger partial charge on any atom is -0.207 e. The summed E-state index contributed by atoms with van der Waals surface area (Å²) in [4.78, 5) is -0.411. The van der Waals surface area contributed by atoms with Crippen LogP contribution in [0.4, 0.5) is 4.39 Å². The maximum atomic E-state index is 13.7. The Hall–Kier alpha value is -0.870. The number of hydrogen-bond acceptors (Lipinski definition) is 3. The lowest BCUT2D eigenvalue weighted by atomic mass is 9.84. The average molecular weight is 351 g/mol. The molecule has 0 aromatic heterocycles. The lowest BCUT2D eigenvalue weighted by Crippen LogP contribution is -2.48. The molecule has 114 valence electrons. The van der Waals surface area contributed by atoms with Crippen LogP contribution in [0.2, 0.25) is 10.0 Å². The maximum Gasteiger partial charge on any atom is 0.243 e. The molecule has 2 rings (SSSR count). The third-order valence-corrected chi connectivity index (χ3v) is 5.89. The van der Waals surface area contributed by atoms with Gasteiger partial charge in [-0.05, 0) is 25.0 Å². The van der Waals surface area contributed by atoms with Gasteiger partial charge in [0.05, 0.1) is 16.1 Å². The Morgan fingerprint density at radius 3 is 2.43 bits per heavy atom. The van der Waals surface area contributed by atoms with Gasteiger partial charge in [-0.15, -0.1) is 0 Å². The molecular formula is C13H13Cl2FN2O2S. The summed E-state index contributed by atoms with van der Waals surface area (Å²) in [7, 11) is -4.10. The summed E-state index contributed by atoms with van der Waals surface area (Å²) in [5.41, 5.74) is -1.16. The molecule has 8 heteroatoms. The van der Waals surface area contributed by atoms with Crippen LogP contribution in [0.3, 0.4) is 0 Å². The summed E-state index contributed by atoms with van der Waals surface area (Å²) in [6, 6.07) is 4.29. The normalized spacial score (nSPS) is 18.2. The van der Waals surface area contributed by atoms with Crippen LogP contribution in [0, 0.1) is 17.1 Å². The first-order valence-corrected chi connectivity index (χ1v) is 8.64. The maximum absolute atomic E-state index is 13.7. The van der Waals surface area contributed by atoms with E-state index in [4.69, 9.17) is 23.2 Å². The van der Waals surface area contributed by atoms with Gasteiger partial charge in [-0.3, -0.25) is 0 Å². The highest BCUT2D eigenvalue weighted by molar-refractivity contribution is 7.89. The molecule has 1 N–H and O–H groups in total. The number of nitrogens with zero attached hydrogens (tertiary/aromatic N) is 1. The van der Waals surface area contributed by atoms with Crippen molar-refractivity contribution in [3.8, 4) is 6.07 Å². The SMILES string of the molecule is N#CC1(NS(=O)(=O)c2ccc(Cl)c(F)c2Cl)CCCCC1. The molecule has 1 aliphatic carbocycles. The lowest BCUT2D eigenvalue weighted by Gasteiger charge is -2.31. The van der Waals surface area contributed by atoms with Crippen molar-refractivity contribution in [3.05, 3.63) is 28.0 Å². The molecule has 1 saturated carbocycles. The Morgan fingerprint density at radius 1 is 1.24 bits per heavy atom. The molecule has 0 aliphatic heterocycles. The van der Waals surface area contributed by atoms with E-state index in [0.717, 1.165) is 31.4 Å². The second-order valence-corrected chi connectivity index (χ2v) is 7.47. The molecule has 1 fully saturated rings. The molecule has 0 amide bonds. The molecule has 0 radical (unpaired) electrons. The van der Waals surface area contributed by atoms with E-state index < -0.39 is 31.3 Å². The summed E-state index contributed by atoms with van der Waals surface area (Å²) < 4.78 is 40.8. The largest absolute Gasteiger partial charge is 0.243 e. The van der Waals surface area contributed by atoms with E-state index in [2.05, 4.69) is 4.72 Å². The fourth-order valence-electron chi connectivity index (χ4n) is 2.42. The Balaban J connectivity index is 2.39. The molecule has 21 heavy (non-hydrogen) atoms.